The summed E-state index contributed by atoms with van der Waals surface area (Å²) in [5.41, 5.74) is 1.00. The van der Waals surface area contributed by atoms with Crippen molar-refractivity contribution in [3.8, 4) is 0 Å². The van der Waals surface area contributed by atoms with Gasteiger partial charge < -0.3 is 25.0 Å². The predicted molar refractivity (Wildman–Crippen MR) is 181 cm³/mol. The fraction of sp³-hybridized carbons (Fsp3) is 0.353. The van der Waals surface area contributed by atoms with Gasteiger partial charge in [-0.15, -0.1) is 0 Å². The molecule has 268 valence electrons. The van der Waals surface area contributed by atoms with Gasteiger partial charge in [-0.1, -0.05) is 41.4 Å². The van der Waals surface area contributed by atoms with Crippen LogP contribution < -0.4 is 10.6 Å². The van der Waals surface area contributed by atoms with E-state index in [9.17, 15) is 38.7 Å². The smallest absolute Gasteiger partial charge is 0.341 e. The Labute approximate surface area is 301 Å². The molecule has 0 bridgehead atoms. The number of carboxylic acid groups (broad SMARTS) is 1. The number of benzene rings is 2. The number of fused-ring (bicyclic) bond motifs is 1. The van der Waals surface area contributed by atoms with Gasteiger partial charge in [0.05, 0.1) is 22.0 Å². The normalized spacial score (nSPS) is 17.9. The number of ether oxygens (including phenoxy) is 1. The first kappa shape index (κ1) is 37.0. The molecular formula is C34H34Cl2N6O9. The van der Waals surface area contributed by atoms with E-state index in [4.69, 9.17) is 27.9 Å². The Bertz CT molecular complexity index is 1840. The minimum absolute atomic E-state index is 0.0241. The Morgan fingerprint density at radius 2 is 1.75 bits per heavy atom. The third-order valence-corrected chi connectivity index (χ3v) is 9.19. The number of ketones is 1. The lowest BCUT2D eigenvalue weighted by Crippen LogP contribution is -2.64. The standard InChI is InChI=1S/C34H34Cl2N6O9/c1-19-37-13-15-40(19)17-20-7-9-21(10-8-20)31(47)38-24-11-12-28(44)41-14-3-6-26(42(41)33(24)49)32(48)39-25(16-29(45)46)27(43)18-51-34(50)30-22(35)4-2-5-23(30)36/h2,4-5,7-10,13,15,24-26H,3,6,11-12,14,16-18H2,1H3,(H,38,47)(H,39,48)(H,45,46). The second kappa shape index (κ2) is 16.2. The van der Waals surface area contributed by atoms with Crippen LogP contribution in [0.2, 0.25) is 10.0 Å². The third-order valence-electron chi connectivity index (χ3n) is 8.56. The second-order valence-electron chi connectivity index (χ2n) is 12.0. The maximum atomic E-state index is 13.9. The van der Waals surface area contributed by atoms with Crippen molar-refractivity contribution in [2.45, 2.75) is 63.7 Å². The molecule has 0 radical (unpaired) electrons. The Hall–Kier alpha value is -5.28. The molecule has 2 aliphatic rings. The number of imidazole rings is 1. The van der Waals surface area contributed by atoms with E-state index in [2.05, 4.69) is 15.6 Å². The largest absolute Gasteiger partial charge is 0.481 e. The van der Waals surface area contributed by atoms with Crippen LogP contribution in [-0.4, -0.2) is 97.3 Å². The SMILES string of the molecule is Cc1nccn1Cc1ccc(C(=O)NC2CCC(=O)N3CCCC(C(=O)NC(CC(=O)O)C(=O)COC(=O)c4c(Cl)cccc4Cl)N3C2=O)cc1. The summed E-state index contributed by atoms with van der Waals surface area (Å²) >= 11 is 12.1. The van der Waals surface area contributed by atoms with E-state index >= 15 is 0 Å². The highest BCUT2D eigenvalue weighted by atomic mass is 35.5. The number of nitrogens with zero attached hydrogens (tertiary/aromatic N) is 4. The maximum absolute atomic E-state index is 13.9. The summed E-state index contributed by atoms with van der Waals surface area (Å²) in [5, 5.41) is 16.6. The summed E-state index contributed by atoms with van der Waals surface area (Å²) in [4.78, 5) is 95.4. The molecule has 2 aromatic carbocycles. The van der Waals surface area contributed by atoms with Crippen LogP contribution in [0.25, 0.3) is 0 Å². The number of nitrogens with one attached hydrogen (secondary N) is 2. The number of halogens is 2. The average Bonchev–Trinajstić information content (AvgIpc) is 3.46. The second-order valence-corrected chi connectivity index (χ2v) is 12.8. The lowest BCUT2D eigenvalue weighted by atomic mass is 10.0. The first-order valence-corrected chi connectivity index (χ1v) is 16.8. The number of hydrogen-bond acceptors (Lipinski definition) is 9. The maximum Gasteiger partial charge on any atom is 0.341 e. The lowest BCUT2D eigenvalue weighted by molar-refractivity contribution is -0.176. The molecule has 2 aliphatic heterocycles. The van der Waals surface area contributed by atoms with Crippen LogP contribution in [0.1, 0.15) is 64.2 Å². The van der Waals surface area contributed by atoms with E-state index in [1.165, 1.54) is 18.2 Å². The topological polar surface area (TPSA) is 197 Å². The van der Waals surface area contributed by atoms with Gasteiger partial charge in [-0.05, 0) is 56.0 Å². The average molecular weight is 742 g/mol. The molecule has 2 fully saturated rings. The van der Waals surface area contributed by atoms with Crippen molar-refractivity contribution in [3.05, 3.63) is 87.4 Å². The van der Waals surface area contributed by atoms with E-state index in [-0.39, 0.29) is 47.0 Å². The number of Topliss-reactive ketones (excluding diaryl/α,β-unsaturated/α-hetero) is 1. The Morgan fingerprint density at radius 3 is 2.39 bits per heavy atom. The van der Waals surface area contributed by atoms with Crippen LogP contribution >= 0.6 is 23.2 Å². The monoisotopic (exact) mass is 740 g/mol. The van der Waals surface area contributed by atoms with Crippen LogP contribution in [0, 0.1) is 6.92 Å². The quantitative estimate of drug-likeness (QED) is 0.232. The molecule has 17 heteroatoms. The van der Waals surface area contributed by atoms with Gasteiger partial charge in [0.25, 0.3) is 11.8 Å². The molecular weight excluding hydrogens is 707 g/mol. The van der Waals surface area contributed by atoms with Crippen LogP contribution in [0.3, 0.4) is 0 Å². The first-order chi connectivity index (χ1) is 24.3. The molecule has 0 saturated carbocycles. The predicted octanol–water partition coefficient (Wildman–Crippen LogP) is 2.56. The zero-order chi connectivity index (χ0) is 36.8. The zero-order valence-electron chi connectivity index (χ0n) is 27.3. The van der Waals surface area contributed by atoms with Crippen molar-refractivity contribution in [3.63, 3.8) is 0 Å². The van der Waals surface area contributed by atoms with Gasteiger partial charge in [0.15, 0.2) is 12.4 Å². The Kier molecular flexibility index (Phi) is 11.7. The van der Waals surface area contributed by atoms with Crippen LogP contribution in [-0.2, 0) is 35.3 Å². The molecule has 0 aliphatic carbocycles. The van der Waals surface area contributed by atoms with Crippen LogP contribution in [0.5, 0.6) is 0 Å². The Morgan fingerprint density at radius 1 is 1.04 bits per heavy atom. The van der Waals surface area contributed by atoms with E-state index in [0.717, 1.165) is 21.4 Å². The van der Waals surface area contributed by atoms with Gasteiger partial charge >= 0.3 is 11.9 Å². The lowest BCUT2D eigenvalue weighted by Gasteiger charge is -2.43. The number of aliphatic carboxylic acids is 1. The molecule has 2 saturated heterocycles. The van der Waals surface area contributed by atoms with Crippen molar-refractivity contribution >= 4 is 64.6 Å². The van der Waals surface area contributed by atoms with E-state index in [0.29, 0.717) is 13.0 Å². The molecule has 1 aromatic heterocycles. The number of aryl methyl sites for hydroxylation is 1. The molecule has 51 heavy (non-hydrogen) atoms. The van der Waals surface area contributed by atoms with Crippen molar-refractivity contribution < 1.29 is 43.4 Å². The molecule has 4 amide bonds. The van der Waals surface area contributed by atoms with E-state index < -0.39 is 72.5 Å². The molecule has 3 atom stereocenters. The summed E-state index contributed by atoms with van der Waals surface area (Å²) in [6.07, 6.45) is 2.95. The number of rotatable bonds is 12. The molecule has 3 N–H and O–H groups in total. The summed E-state index contributed by atoms with van der Waals surface area (Å²) in [5.74, 6) is -5.22. The number of aromatic nitrogens is 2. The fourth-order valence-electron chi connectivity index (χ4n) is 5.87. The Balaban J connectivity index is 1.27. The highest BCUT2D eigenvalue weighted by Gasteiger charge is 2.45. The van der Waals surface area contributed by atoms with Crippen molar-refractivity contribution in [2.75, 3.05) is 13.2 Å². The van der Waals surface area contributed by atoms with Gasteiger partial charge in [-0.2, -0.15) is 0 Å². The molecule has 3 aromatic rings. The number of amides is 4. The highest BCUT2D eigenvalue weighted by Crippen LogP contribution is 2.27. The van der Waals surface area contributed by atoms with Gasteiger partial charge in [-0.3, -0.25) is 33.8 Å². The van der Waals surface area contributed by atoms with Crippen molar-refractivity contribution in [2.24, 2.45) is 0 Å². The fourth-order valence-corrected chi connectivity index (χ4v) is 6.42. The number of carboxylic acids is 1. The minimum Gasteiger partial charge on any atom is -0.481 e. The summed E-state index contributed by atoms with van der Waals surface area (Å²) < 4.78 is 6.98. The summed E-state index contributed by atoms with van der Waals surface area (Å²) in [6.45, 7) is 1.63. The third kappa shape index (κ3) is 8.72. The number of esters is 1. The van der Waals surface area contributed by atoms with Crippen molar-refractivity contribution in [1.29, 1.82) is 0 Å². The van der Waals surface area contributed by atoms with Crippen molar-refractivity contribution in [1.82, 2.24) is 30.2 Å². The zero-order valence-corrected chi connectivity index (χ0v) is 28.9. The van der Waals surface area contributed by atoms with E-state index in [1.54, 1.807) is 30.5 Å². The molecule has 15 nitrogen and oxygen atoms in total. The minimum atomic E-state index is -1.66. The summed E-state index contributed by atoms with van der Waals surface area (Å²) in [6, 6.07) is 6.93. The molecule has 3 unspecified atom stereocenters. The van der Waals surface area contributed by atoms with E-state index in [1.807, 2.05) is 17.7 Å². The highest BCUT2D eigenvalue weighted by molar-refractivity contribution is 6.39. The molecule has 5 rings (SSSR count). The summed E-state index contributed by atoms with van der Waals surface area (Å²) in [7, 11) is 0. The number of hydrazine groups is 1. The number of carbonyl (C=O) groups excluding carboxylic acids is 6. The van der Waals surface area contributed by atoms with Crippen LogP contribution in [0.4, 0.5) is 0 Å². The van der Waals surface area contributed by atoms with Gasteiger partial charge in [-0.25, -0.2) is 14.8 Å². The number of hydrogen-bond donors (Lipinski definition) is 3. The first-order valence-electron chi connectivity index (χ1n) is 16.0. The number of carbonyl (C=O) groups is 7. The van der Waals surface area contributed by atoms with Gasteiger partial charge in [0.1, 0.15) is 23.9 Å². The van der Waals surface area contributed by atoms with Gasteiger partial charge in [0, 0.05) is 37.5 Å². The van der Waals surface area contributed by atoms with Crippen LogP contribution in [0.15, 0.2) is 54.9 Å². The van der Waals surface area contributed by atoms with Gasteiger partial charge in [0.2, 0.25) is 11.8 Å². The molecule has 3 heterocycles. The molecule has 0 spiro atoms.